The van der Waals surface area contributed by atoms with E-state index in [2.05, 4.69) is 10.5 Å². The average molecular weight is 496 g/mol. The Morgan fingerprint density at radius 2 is 1.74 bits per heavy atom. The molecule has 3 aromatic carbocycles. The van der Waals surface area contributed by atoms with E-state index in [1.54, 1.807) is 49.6 Å². The Kier molecular flexibility index (Phi) is 8.48. The minimum Gasteiger partial charge on any atom is -0.497 e. The number of nitrogens with one attached hydrogen (secondary N) is 1. The number of para-hydroxylation sites is 1. The molecule has 0 radical (unpaired) electrons. The first-order valence-corrected chi connectivity index (χ1v) is 12.5. The van der Waals surface area contributed by atoms with E-state index in [0.29, 0.717) is 29.2 Å². The van der Waals surface area contributed by atoms with Crippen LogP contribution in [0.3, 0.4) is 0 Å². The largest absolute Gasteiger partial charge is 0.497 e. The van der Waals surface area contributed by atoms with Crippen molar-refractivity contribution in [3.8, 4) is 11.5 Å². The Hall–Kier alpha value is -3.85. The molecule has 1 N–H and O–H groups in total. The van der Waals surface area contributed by atoms with Gasteiger partial charge in [-0.1, -0.05) is 42.8 Å². The van der Waals surface area contributed by atoms with Gasteiger partial charge in [0.1, 0.15) is 18.0 Å². The molecule has 184 valence electrons. The number of hydrazone groups is 1. The van der Waals surface area contributed by atoms with Gasteiger partial charge in [0.05, 0.1) is 31.0 Å². The molecule has 0 saturated carbocycles. The van der Waals surface area contributed by atoms with Crippen LogP contribution in [0, 0.1) is 6.92 Å². The molecule has 0 aromatic heterocycles. The predicted molar refractivity (Wildman–Crippen MR) is 137 cm³/mol. The predicted octanol–water partition coefficient (Wildman–Crippen LogP) is 3.92. The van der Waals surface area contributed by atoms with Gasteiger partial charge in [0.15, 0.2) is 0 Å². The third kappa shape index (κ3) is 6.19. The summed E-state index contributed by atoms with van der Waals surface area (Å²) in [6.07, 6.45) is 2.02. The summed E-state index contributed by atoms with van der Waals surface area (Å²) in [4.78, 5) is 12.9. The minimum atomic E-state index is -4.01. The standard InChI is InChI=1S/C26H29N3O5S/c1-5-20-8-6-7-9-24(20)29(35(31,32)23-13-10-19(2)11-14-23)18-26(30)28-27-17-21-16-22(33-3)12-15-25(21)34-4/h6-17H,5,18H2,1-4H3,(H,28,30)/b27-17-. The summed E-state index contributed by atoms with van der Waals surface area (Å²) in [6.45, 7) is 3.37. The zero-order chi connectivity index (χ0) is 25.4. The number of benzene rings is 3. The van der Waals surface area contributed by atoms with Gasteiger partial charge in [-0.3, -0.25) is 9.10 Å². The number of hydrogen-bond acceptors (Lipinski definition) is 6. The highest BCUT2D eigenvalue weighted by molar-refractivity contribution is 7.92. The van der Waals surface area contributed by atoms with E-state index >= 15 is 0 Å². The van der Waals surface area contributed by atoms with Crippen molar-refractivity contribution in [2.45, 2.75) is 25.2 Å². The number of nitrogens with zero attached hydrogens (tertiary/aromatic N) is 2. The molecule has 3 aromatic rings. The summed E-state index contributed by atoms with van der Waals surface area (Å²) in [6, 6.07) is 18.8. The molecule has 0 aliphatic carbocycles. The Morgan fingerprint density at radius 1 is 1.03 bits per heavy atom. The van der Waals surface area contributed by atoms with Gasteiger partial charge in [0, 0.05) is 5.56 Å². The van der Waals surface area contributed by atoms with Gasteiger partial charge in [-0.2, -0.15) is 5.10 Å². The first-order chi connectivity index (χ1) is 16.8. The molecule has 1 amide bonds. The number of sulfonamides is 1. The van der Waals surface area contributed by atoms with Crippen LogP contribution in [0.25, 0.3) is 0 Å². The van der Waals surface area contributed by atoms with Crippen LogP contribution in [0.4, 0.5) is 5.69 Å². The Labute approximate surface area is 206 Å². The monoisotopic (exact) mass is 495 g/mol. The quantitative estimate of drug-likeness (QED) is 0.340. The number of carbonyl (C=O) groups excluding carboxylic acids is 1. The first kappa shape index (κ1) is 25.8. The average Bonchev–Trinajstić information content (AvgIpc) is 2.87. The number of amides is 1. The molecule has 0 fully saturated rings. The molecule has 0 saturated heterocycles. The molecule has 9 heteroatoms. The van der Waals surface area contributed by atoms with Crippen LogP contribution in [0.5, 0.6) is 11.5 Å². The summed E-state index contributed by atoms with van der Waals surface area (Å²) >= 11 is 0. The van der Waals surface area contributed by atoms with Gasteiger partial charge in [-0.25, -0.2) is 13.8 Å². The summed E-state index contributed by atoms with van der Waals surface area (Å²) < 4.78 is 38.8. The maximum Gasteiger partial charge on any atom is 0.264 e. The van der Waals surface area contributed by atoms with Gasteiger partial charge in [0.25, 0.3) is 15.9 Å². The zero-order valence-electron chi connectivity index (χ0n) is 20.2. The molecule has 0 unspecified atom stereocenters. The molecule has 8 nitrogen and oxygen atoms in total. The highest BCUT2D eigenvalue weighted by Gasteiger charge is 2.28. The molecule has 35 heavy (non-hydrogen) atoms. The number of anilines is 1. The number of hydrogen-bond donors (Lipinski definition) is 1. The van der Waals surface area contributed by atoms with E-state index in [0.717, 1.165) is 15.4 Å². The number of carbonyl (C=O) groups is 1. The number of methoxy groups -OCH3 is 2. The Morgan fingerprint density at radius 3 is 2.40 bits per heavy atom. The third-order valence-electron chi connectivity index (χ3n) is 5.37. The Bertz CT molecular complexity index is 1300. The SMILES string of the molecule is CCc1ccccc1N(CC(=O)N/N=C\c1cc(OC)ccc1OC)S(=O)(=O)c1ccc(C)cc1. The normalized spacial score (nSPS) is 11.3. The zero-order valence-corrected chi connectivity index (χ0v) is 21.0. The second kappa shape index (κ2) is 11.5. The molecular weight excluding hydrogens is 466 g/mol. The van der Waals surface area contributed by atoms with Crippen LogP contribution in [-0.4, -0.2) is 41.3 Å². The second-order valence-electron chi connectivity index (χ2n) is 7.71. The molecular formula is C26H29N3O5S. The Balaban J connectivity index is 1.89. The van der Waals surface area contributed by atoms with Crippen LogP contribution in [0.2, 0.25) is 0 Å². The van der Waals surface area contributed by atoms with E-state index in [1.165, 1.54) is 25.5 Å². The maximum atomic E-state index is 13.6. The maximum absolute atomic E-state index is 13.6. The highest BCUT2D eigenvalue weighted by Crippen LogP contribution is 2.28. The summed E-state index contributed by atoms with van der Waals surface area (Å²) in [5.41, 5.74) is 5.20. The minimum absolute atomic E-state index is 0.103. The first-order valence-electron chi connectivity index (χ1n) is 11.0. The summed E-state index contributed by atoms with van der Waals surface area (Å²) in [7, 11) is -0.943. The van der Waals surface area contributed by atoms with E-state index < -0.39 is 22.5 Å². The number of rotatable bonds is 10. The molecule has 0 aliphatic heterocycles. The fourth-order valence-corrected chi connectivity index (χ4v) is 4.93. The van der Waals surface area contributed by atoms with Crippen molar-refractivity contribution in [1.29, 1.82) is 0 Å². The molecule has 0 aliphatic rings. The van der Waals surface area contributed by atoms with Crippen molar-refractivity contribution in [1.82, 2.24) is 5.43 Å². The highest BCUT2D eigenvalue weighted by atomic mass is 32.2. The number of aryl methyl sites for hydroxylation is 2. The van der Waals surface area contributed by atoms with Crippen molar-refractivity contribution >= 4 is 27.8 Å². The van der Waals surface area contributed by atoms with Gasteiger partial charge < -0.3 is 9.47 Å². The fourth-order valence-electron chi connectivity index (χ4n) is 3.47. The molecule has 0 bridgehead atoms. The number of ether oxygens (including phenoxy) is 2. The smallest absolute Gasteiger partial charge is 0.264 e. The molecule has 0 atom stereocenters. The van der Waals surface area contributed by atoms with Gasteiger partial charge in [-0.05, 0) is 55.3 Å². The van der Waals surface area contributed by atoms with E-state index in [9.17, 15) is 13.2 Å². The summed E-state index contributed by atoms with van der Waals surface area (Å²) in [5, 5.41) is 4.00. The van der Waals surface area contributed by atoms with Crippen molar-refractivity contribution in [2.75, 3.05) is 25.1 Å². The van der Waals surface area contributed by atoms with Crippen LogP contribution in [0.1, 0.15) is 23.6 Å². The van der Waals surface area contributed by atoms with Gasteiger partial charge >= 0.3 is 0 Å². The molecule has 3 rings (SSSR count). The van der Waals surface area contributed by atoms with Gasteiger partial charge in [0.2, 0.25) is 0 Å². The van der Waals surface area contributed by atoms with Crippen LogP contribution in [-0.2, 0) is 21.2 Å². The molecule has 0 spiro atoms. The lowest BCUT2D eigenvalue weighted by atomic mass is 10.1. The topological polar surface area (TPSA) is 97.3 Å². The van der Waals surface area contributed by atoms with Crippen LogP contribution < -0.4 is 19.2 Å². The van der Waals surface area contributed by atoms with Crippen molar-refractivity contribution in [3.05, 3.63) is 83.4 Å². The lowest BCUT2D eigenvalue weighted by Crippen LogP contribution is -2.40. The van der Waals surface area contributed by atoms with Crippen LogP contribution >= 0.6 is 0 Å². The van der Waals surface area contributed by atoms with Crippen molar-refractivity contribution in [3.63, 3.8) is 0 Å². The molecule has 0 heterocycles. The van der Waals surface area contributed by atoms with Crippen LogP contribution in [0.15, 0.2) is 76.7 Å². The fraction of sp³-hybridized carbons (Fsp3) is 0.231. The van der Waals surface area contributed by atoms with Gasteiger partial charge in [-0.15, -0.1) is 0 Å². The van der Waals surface area contributed by atoms with E-state index in [4.69, 9.17) is 9.47 Å². The van der Waals surface area contributed by atoms with Crippen molar-refractivity contribution < 1.29 is 22.7 Å². The van der Waals surface area contributed by atoms with E-state index in [1.807, 2.05) is 26.0 Å². The van der Waals surface area contributed by atoms with E-state index in [-0.39, 0.29) is 4.90 Å². The third-order valence-corrected chi connectivity index (χ3v) is 7.14. The van der Waals surface area contributed by atoms with Crippen molar-refractivity contribution in [2.24, 2.45) is 5.10 Å². The second-order valence-corrected chi connectivity index (χ2v) is 9.57. The lowest BCUT2D eigenvalue weighted by molar-refractivity contribution is -0.119. The summed E-state index contributed by atoms with van der Waals surface area (Å²) in [5.74, 6) is 0.555. The lowest BCUT2D eigenvalue weighted by Gasteiger charge is -2.25.